The summed E-state index contributed by atoms with van der Waals surface area (Å²) in [5, 5.41) is 14.2. The topological polar surface area (TPSA) is 100 Å². The SMILES string of the molecule is O=c1c2cc(-c3cccs3)nn2cnn1Cc1nc(-c2ccc(OC(F)(F)F)cc2)no1. The van der Waals surface area contributed by atoms with Gasteiger partial charge in [0.15, 0.2) is 0 Å². The Labute approximate surface area is 180 Å². The van der Waals surface area contributed by atoms with Gasteiger partial charge in [-0.1, -0.05) is 11.2 Å². The number of alkyl halides is 3. The van der Waals surface area contributed by atoms with Crippen LogP contribution in [-0.4, -0.2) is 35.9 Å². The lowest BCUT2D eigenvalue weighted by Gasteiger charge is -2.08. The molecule has 0 aliphatic heterocycles. The summed E-state index contributed by atoms with van der Waals surface area (Å²) in [5.41, 5.74) is 1.02. The molecule has 1 aromatic carbocycles. The molecule has 9 nitrogen and oxygen atoms in total. The minimum Gasteiger partial charge on any atom is -0.406 e. The number of halogens is 3. The van der Waals surface area contributed by atoms with Gasteiger partial charge in [-0.25, -0.2) is 9.20 Å². The van der Waals surface area contributed by atoms with Gasteiger partial charge in [0.1, 0.15) is 29.8 Å². The van der Waals surface area contributed by atoms with Crippen LogP contribution in [-0.2, 0) is 6.54 Å². The summed E-state index contributed by atoms with van der Waals surface area (Å²) in [6.07, 6.45) is -3.37. The Morgan fingerprint density at radius 1 is 1.16 bits per heavy atom. The van der Waals surface area contributed by atoms with Crippen LogP contribution in [0.5, 0.6) is 5.75 Å². The number of ether oxygens (including phenoxy) is 1. The van der Waals surface area contributed by atoms with Gasteiger partial charge in [0.2, 0.25) is 11.7 Å². The molecule has 13 heteroatoms. The summed E-state index contributed by atoms with van der Waals surface area (Å²) < 4.78 is 48.4. The lowest BCUT2D eigenvalue weighted by atomic mass is 10.2. The molecule has 32 heavy (non-hydrogen) atoms. The zero-order chi connectivity index (χ0) is 22.3. The Bertz CT molecular complexity index is 1440. The standard InChI is InChI=1S/C19H11F3N6O3S/c20-19(21,22)30-12-5-3-11(4-6-12)17-24-16(31-26-17)9-27-18(29)14-8-13(15-2-1-7-32-15)25-28(14)10-23-27/h1-8,10H,9H2. The van der Waals surface area contributed by atoms with Crippen LogP contribution in [0.2, 0.25) is 0 Å². The van der Waals surface area contributed by atoms with Crippen molar-refractivity contribution in [1.82, 2.24) is 29.5 Å². The normalized spacial score (nSPS) is 11.8. The van der Waals surface area contributed by atoms with Gasteiger partial charge in [0.25, 0.3) is 5.56 Å². The van der Waals surface area contributed by atoms with Crippen LogP contribution in [0.15, 0.2) is 63.5 Å². The lowest BCUT2D eigenvalue weighted by molar-refractivity contribution is -0.274. The highest BCUT2D eigenvalue weighted by Gasteiger charge is 2.31. The van der Waals surface area contributed by atoms with Crippen molar-refractivity contribution in [3.05, 3.63) is 70.4 Å². The van der Waals surface area contributed by atoms with E-state index >= 15 is 0 Å². The number of hydrogen-bond donors (Lipinski definition) is 0. The molecule has 0 unspecified atom stereocenters. The van der Waals surface area contributed by atoms with Gasteiger partial charge in [0.05, 0.1) is 4.88 Å². The molecule has 0 fully saturated rings. The first kappa shape index (κ1) is 19.9. The highest BCUT2D eigenvalue weighted by molar-refractivity contribution is 7.13. The fraction of sp³-hybridized carbons (Fsp3) is 0.105. The smallest absolute Gasteiger partial charge is 0.406 e. The first-order valence-electron chi connectivity index (χ1n) is 9.04. The van der Waals surface area contributed by atoms with Gasteiger partial charge in [0, 0.05) is 5.56 Å². The fourth-order valence-corrected chi connectivity index (χ4v) is 3.65. The summed E-state index contributed by atoms with van der Waals surface area (Å²) in [6.45, 7) is -0.0862. The van der Waals surface area contributed by atoms with Crippen LogP contribution in [0, 0.1) is 0 Å². The summed E-state index contributed by atoms with van der Waals surface area (Å²) in [7, 11) is 0. The van der Waals surface area contributed by atoms with E-state index in [0.29, 0.717) is 16.8 Å². The van der Waals surface area contributed by atoms with Crippen LogP contribution >= 0.6 is 11.3 Å². The summed E-state index contributed by atoms with van der Waals surface area (Å²) in [4.78, 5) is 17.9. The average molecular weight is 460 g/mol. The molecule has 0 aliphatic carbocycles. The van der Waals surface area contributed by atoms with Crippen LogP contribution < -0.4 is 10.3 Å². The Hall–Kier alpha value is -4.00. The molecule has 0 atom stereocenters. The van der Waals surface area contributed by atoms with Gasteiger partial charge < -0.3 is 9.26 Å². The van der Waals surface area contributed by atoms with Gasteiger partial charge in [-0.15, -0.1) is 24.5 Å². The van der Waals surface area contributed by atoms with Crippen molar-refractivity contribution in [2.75, 3.05) is 0 Å². The van der Waals surface area contributed by atoms with Gasteiger partial charge >= 0.3 is 6.36 Å². The molecular formula is C19H11F3N6O3S. The first-order valence-corrected chi connectivity index (χ1v) is 9.92. The molecule has 5 aromatic rings. The maximum atomic E-state index is 12.8. The summed E-state index contributed by atoms with van der Waals surface area (Å²) in [5.74, 6) is -0.110. The number of nitrogens with zero attached hydrogens (tertiary/aromatic N) is 6. The molecule has 0 amide bonds. The minimum atomic E-state index is -4.78. The second-order valence-corrected chi connectivity index (χ2v) is 7.46. The van der Waals surface area contributed by atoms with E-state index in [4.69, 9.17) is 4.52 Å². The van der Waals surface area contributed by atoms with E-state index in [1.807, 2.05) is 17.5 Å². The summed E-state index contributed by atoms with van der Waals surface area (Å²) in [6, 6.07) is 10.5. The fourth-order valence-electron chi connectivity index (χ4n) is 2.97. The van der Waals surface area contributed by atoms with Crippen LogP contribution in [0.1, 0.15) is 5.89 Å². The third-order valence-corrected chi connectivity index (χ3v) is 5.25. The predicted molar refractivity (Wildman–Crippen MR) is 106 cm³/mol. The molecule has 0 N–H and O–H groups in total. The van der Waals surface area contributed by atoms with Crippen molar-refractivity contribution in [1.29, 1.82) is 0 Å². The van der Waals surface area contributed by atoms with E-state index in [1.165, 1.54) is 34.3 Å². The van der Waals surface area contributed by atoms with Crippen LogP contribution in [0.4, 0.5) is 13.2 Å². The first-order chi connectivity index (χ1) is 15.4. The number of hydrogen-bond acceptors (Lipinski definition) is 8. The molecule has 162 valence electrons. The van der Waals surface area contributed by atoms with E-state index < -0.39 is 11.9 Å². The molecule has 0 aliphatic rings. The largest absolute Gasteiger partial charge is 0.573 e. The average Bonchev–Trinajstić information content (AvgIpc) is 3.50. The molecule has 4 heterocycles. The maximum Gasteiger partial charge on any atom is 0.573 e. The number of fused-ring (bicyclic) bond motifs is 1. The minimum absolute atomic E-state index is 0.0862. The molecule has 0 bridgehead atoms. The van der Waals surface area contributed by atoms with Crippen molar-refractivity contribution < 1.29 is 22.4 Å². The van der Waals surface area contributed by atoms with Crippen molar-refractivity contribution in [3.63, 3.8) is 0 Å². The van der Waals surface area contributed by atoms with E-state index in [2.05, 4.69) is 25.1 Å². The quantitative estimate of drug-likeness (QED) is 0.395. The van der Waals surface area contributed by atoms with Gasteiger partial charge in [-0.2, -0.15) is 15.2 Å². The molecule has 0 radical (unpaired) electrons. The molecule has 0 saturated carbocycles. The predicted octanol–water partition coefficient (Wildman–Crippen LogP) is 3.62. The zero-order valence-corrected chi connectivity index (χ0v) is 16.7. The van der Waals surface area contributed by atoms with Gasteiger partial charge in [-0.3, -0.25) is 4.79 Å². The second-order valence-electron chi connectivity index (χ2n) is 6.51. The molecule has 4 aromatic heterocycles. The highest BCUT2D eigenvalue weighted by Crippen LogP contribution is 2.26. The molecule has 0 saturated heterocycles. The van der Waals surface area contributed by atoms with Crippen LogP contribution in [0.25, 0.3) is 27.5 Å². The number of aromatic nitrogens is 6. The summed E-state index contributed by atoms with van der Waals surface area (Å²) >= 11 is 1.51. The third-order valence-electron chi connectivity index (χ3n) is 4.36. The molecule has 0 spiro atoms. The van der Waals surface area contributed by atoms with E-state index in [-0.39, 0.29) is 24.0 Å². The Morgan fingerprint density at radius 2 is 1.97 bits per heavy atom. The zero-order valence-electron chi connectivity index (χ0n) is 15.9. The second kappa shape index (κ2) is 7.60. The van der Waals surface area contributed by atoms with E-state index in [9.17, 15) is 18.0 Å². The van der Waals surface area contributed by atoms with Crippen molar-refractivity contribution >= 4 is 16.9 Å². The van der Waals surface area contributed by atoms with Gasteiger partial charge in [-0.05, 0) is 41.8 Å². The van der Waals surface area contributed by atoms with E-state index in [1.54, 1.807) is 6.07 Å². The maximum absolute atomic E-state index is 12.8. The highest BCUT2D eigenvalue weighted by atomic mass is 32.1. The van der Waals surface area contributed by atoms with Crippen LogP contribution in [0.3, 0.4) is 0 Å². The van der Waals surface area contributed by atoms with Crippen molar-refractivity contribution in [2.45, 2.75) is 12.9 Å². The van der Waals surface area contributed by atoms with E-state index in [0.717, 1.165) is 21.7 Å². The van der Waals surface area contributed by atoms with Crippen molar-refractivity contribution in [3.8, 4) is 27.7 Å². The Kier molecular flexibility index (Phi) is 4.74. The Morgan fingerprint density at radius 3 is 2.69 bits per heavy atom. The Balaban J connectivity index is 1.37. The lowest BCUT2D eigenvalue weighted by Crippen LogP contribution is -2.25. The molecule has 5 rings (SSSR count). The number of thiophene rings is 1. The number of benzene rings is 1. The number of rotatable bonds is 5. The van der Waals surface area contributed by atoms with Crippen molar-refractivity contribution in [2.24, 2.45) is 0 Å². The molecular weight excluding hydrogens is 449 g/mol. The third kappa shape index (κ3) is 3.97. The monoisotopic (exact) mass is 460 g/mol.